The van der Waals surface area contributed by atoms with Gasteiger partial charge < -0.3 is 73.8 Å². The smallest absolute Gasteiger partial charge is 0.165 e. The van der Waals surface area contributed by atoms with E-state index in [9.17, 15) is 30.6 Å². The number of phenolic OH excluding ortho intramolecular Hbond substituents is 3. The molecule has 18 atom stereocenters. The topological polar surface area (TPSA) is 190 Å². The van der Waals surface area contributed by atoms with Gasteiger partial charge in [0.1, 0.15) is 53.8 Å². The summed E-state index contributed by atoms with van der Waals surface area (Å²) in [6.45, 7) is 2.13. The number of nitrogens with zero attached hydrogens (tertiary/aromatic N) is 4. The van der Waals surface area contributed by atoms with Gasteiger partial charge in [0.25, 0.3) is 0 Å². The van der Waals surface area contributed by atoms with E-state index in [1.54, 1.807) is 18.2 Å². The standard InChI is InChI=1S/C54H60N4O12/c1-55-19-16-46-34-25-4-7-28(59)37(34)65-40(46)49(10-13-52(46,62)31(55)22-25)43-58-44(68-49)50(11-14-53(63)32-23-26-5-8-29(60)38-35(26)47(53,41(50)66-38)17-20-56(32)2)70-45(58)51(69-43)12-15-54(64)33-24-27-6-9-30(61)39-36(27)48(54,42(51)67-39)18-21-57(33)3/h4-9,31-33,40-45,59-64H,10-24H2,1-3H3/t31-,32-,33-,40-,41-,42-,43?,44?,45?,46+,47+,48+,49+,50+,51+,52-,53-,54-/m1/s1. The highest BCUT2D eigenvalue weighted by Gasteiger charge is 2.91. The normalized spacial score (nSPS) is 52.6. The van der Waals surface area contributed by atoms with E-state index in [4.69, 9.17) is 28.4 Å². The Kier molecular flexibility index (Phi) is 6.69. The molecule has 6 aliphatic carbocycles. The van der Waals surface area contributed by atoms with Crippen LogP contribution in [-0.4, -0.2) is 180 Å². The zero-order valence-electron chi connectivity index (χ0n) is 39.7. The Bertz CT molecular complexity index is 2700. The molecule has 16 nitrogen and oxygen atoms in total. The van der Waals surface area contributed by atoms with Crippen molar-refractivity contribution in [1.29, 1.82) is 0 Å². The molecule has 0 amide bonds. The number of hydrogen-bond donors (Lipinski definition) is 6. The number of benzene rings is 3. The Morgan fingerprint density at radius 1 is 0.429 bits per heavy atom. The third-order valence-corrected chi connectivity index (χ3v) is 23.5. The maximum absolute atomic E-state index is 13.6. The molecule has 9 aliphatic heterocycles. The van der Waals surface area contributed by atoms with Gasteiger partial charge in [-0.1, -0.05) is 18.2 Å². The van der Waals surface area contributed by atoms with Crippen LogP contribution in [-0.2, 0) is 49.7 Å². The van der Waals surface area contributed by atoms with E-state index in [0.29, 0.717) is 114 Å². The van der Waals surface area contributed by atoms with Gasteiger partial charge >= 0.3 is 0 Å². The largest absolute Gasteiger partial charge is 0.504 e. The number of hydrogen-bond acceptors (Lipinski definition) is 16. The van der Waals surface area contributed by atoms with Gasteiger partial charge in [0.05, 0.1) is 33.0 Å². The Hall–Kier alpha value is -3.94. The van der Waals surface area contributed by atoms with E-state index in [1.165, 1.54) is 0 Å². The van der Waals surface area contributed by atoms with Crippen molar-refractivity contribution in [1.82, 2.24) is 19.6 Å². The summed E-state index contributed by atoms with van der Waals surface area (Å²) in [6, 6.07) is 10.6. The minimum absolute atomic E-state index is 0.0393. The second-order valence-electron chi connectivity index (χ2n) is 25.1. The molecule has 3 aromatic rings. The molecule has 6 spiro atoms. The van der Waals surface area contributed by atoms with Crippen LogP contribution in [0.15, 0.2) is 36.4 Å². The van der Waals surface area contributed by atoms with Gasteiger partial charge in [-0.3, -0.25) is 0 Å². The van der Waals surface area contributed by atoms with Gasteiger partial charge in [-0.25, -0.2) is 4.90 Å². The SMILES string of the molecule is CN1CC[C@]23c4c5ccc(O)c4O[C@H]2[C@]2(CC[C@@]3(O)[C@H]1C5)OC1N3C2O[C@]2(CC[C@@]4(O)[C@H]5Cc6ccc(O)c7c6[C@@]4(CCN5C)[C@H]2O7)C3O[C@]12CC[C@@]1(O)[C@H]3Cc4ccc(O)c5c4[C@@]1(CCN3C)[C@H]2O5. The summed E-state index contributed by atoms with van der Waals surface area (Å²) in [7, 11) is 6.31. The second-order valence-corrected chi connectivity index (χ2v) is 25.1. The van der Waals surface area contributed by atoms with Crippen LogP contribution in [0, 0.1) is 0 Å². The third kappa shape index (κ3) is 3.60. The number of likely N-dealkylation sites (N-methyl/N-ethyl adjacent to an activating group) is 3. The molecule has 70 heavy (non-hydrogen) atoms. The highest BCUT2D eigenvalue weighted by atomic mass is 16.7. The van der Waals surface area contributed by atoms with Crippen molar-refractivity contribution >= 4 is 0 Å². The lowest BCUT2D eigenvalue weighted by atomic mass is 9.46. The zero-order valence-corrected chi connectivity index (χ0v) is 39.7. The lowest BCUT2D eigenvalue weighted by molar-refractivity contribution is -0.285. The fourth-order valence-corrected chi connectivity index (χ4v) is 20.9. The number of aliphatic hydroxyl groups is 3. The summed E-state index contributed by atoms with van der Waals surface area (Å²) in [6.07, 6.45) is 1.07. The van der Waals surface area contributed by atoms with Gasteiger partial charge in [-0.05, 0) is 153 Å². The van der Waals surface area contributed by atoms with Crippen LogP contribution in [0.2, 0.25) is 0 Å². The van der Waals surface area contributed by atoms with Gasteiger partial charge in [-0.2, -0.15) is 0 Å². The van der Waals surface area contributed by atoms with Crippen LogP contribution in [0.1, 0.15) is 91.2 Å². The molecule has 16 heteroatoms. The predicted octanol–water partition coefficient (Wildman–Crippen LogP) is 2.14. The Labute approximate surface area is 404 Å². The summed E-state index contributed by atoms with van der Waals surface area (Å²) in [4.78, 5) is 9.18. The average molecular weight is 957 g/mol. The van der Waals surface area contributed by atoms with Crippen LogP contribution < -0.4 is 14.2 Å². The van der Waals surface area contributed by atoms with Gasteiger partial charge in [-0.15, -0.1) is 0 Å². The molecule has 18 rings (SSSR count). The van der Waals surface area contributed by atoms with E-state index in [1.807, 2.05) is 18.2 Å². The predicted molar refractivity (Wildman–Crippen MR) is 244 cm³/mol. The molecule has 9 heterocycles. The number of aromatic hydroxyl groups is 3. The second kappa shape index (κ2) is 11.5. The molecule has 0 radical (unpaired) electrons. The molecule has 6 N–H and O–H groups in total. The lowest BCUT2D eigenvalue weighted by Crippen LogP contribution is -2.81. The Balaban J connectivity index is 0.876. The van der Waals surface area contributed by atoms with Crippen molar-refractivity contribution in [2.45, 2.75) is 182 Å². The molecule has 368 valence electrons. The summed E-state index contributed by atoms with van der Waals surface area (Å²) in [5.41, 5.74) is -4.41. The van der Waals surface area contributed by atoms with Crippen molar-refractivity contribution in [3.8, 4) is 34.5 Å². The van der Waals surface area contributed by atoms with Crippen LogP contribution in [0.5, 0.6) is 34.5 Å². The Morgan fingerprint density at radius 3 is 1.03 bits per heavy atom. The van der Waals surface area contributed by atoms with Crippen molar-refractivity contribution in [3.63, 3.8) is 0 Å². The summed E-state index contributed by atoms with van der Waals surface area (Å²) in [5.74, 6) is 1.35. The first-order chi connectivity index (χ1) is 33.6. The molecule has 6 saturated heterocycles. The number of rotatable bonds is 0. The van der Waals surface area contributed by atoms with Crippen molar-refractivity contribution in [2.75, 3.05) is 40.8 Å². The number of fused-ring (bicyclic) bond motifs is 6. The molecule has 3 aromatic carbocycles. The summed E-state index contributed by atoms with van der Waals surface area (Å²) in [5, 5.41) is 76.2. The number of piperidine rings is 3. The van der Waals surface area contributed by atoms with Crippen molar-refractivity contribution in [2.24, 2.45) is 0 Å². The minimum atomic E-state index is -1.24. The van der Waals surface area contributed by atoms with Crippen LogP contribution in [0.4, 0.5) is 0 Å². The van der Waals surface area contributed by atoms with E-state index in [0.717, 1.165) is 33.4 Å². The van der Waals surface area contributed by atoms with Crippen LogP contribution >= 0.6 is 0 Å². The van der Waals surface area contributed by atoms with E-state index < -0.39 is 86.8 Å². The first-order valence-corrected chi connectivity index (χ1v) is 26.2. The fraction of sp³-hybridized carbons (Fsp3) is 0.667. The molecule has 3 unspecified atom stereocenters. The summed E-state index contributed by atoms with van der Waals surface area (Å²) < 4.78 is 46.3. The van der Waals surface area contributed by atoms with Gasteiger partial charge in [0.2, 0.25) is 0 Å². The molecule has 3 saturated carbocycles. The van der Waals surface area contributed by atoms with E-state index in [2.05, 4.69) is 40.7 Å². The third-order valence-electron chi connectivity index (χ3n) is 23.5. The van der Waals surface area contributed by atoms with E-state index in [-0.39, 0.29) is 35.4 Å². The minimum Gasteiger partial charge on any atom is -0.504 e. The fourth-order valence-electron chi connectivity index (χ4n) is 20.9. The maximum Gasteiger partial charge on any atom is 0.165 e. The highest BCUT2D eigenvalue weighted by Crippen LogP contribution is 2.77. The molecular weight excluding hydrogens is 897 g/mol. The highest BCUT2D eigenvalue weighted by molar-refractivity contribution is 5.67. The first-order valence-electron chi connectivity index (χ1n) is 26.2. The number of phenols is 3. The molecule has 6 bridgehead atoms. The number of ether oxygens (including phenoxy) is 6. The quantitative estimate of drug-likeness (QED) is 0.192. The van der Waals surface area contributed by atoms with Crippen LogP contribution in [0.25, 0.3) is 0 Å². The molecular formula is C54H60N4O12. The molecule has 9 fully saturated rings. The van der Waals surface area contributed by atoms with E-state index >= 15 is 0 Å². The monoisotopic (exact) mass is 956 g/mol. The first kappa shape index (κ1) is 40.5. The zero-order chi connectivity index (χ0) is 47.0. The van der Waals surface area contributed by atoms with Gasteiger partial charge in [0.15, 0.2) is 34.5 Å². The van der Waals surface area contributed by atoms with Gasteiger partial charge in [0, 0.05) is 34.8 Å². The lowest BCUT2D eigenvalue weighted by Gasteiger charge is -2.66. The Morgan fingerprint density at radius 2 is 0.729 bits per heavy atom. The van der Waals surface area contributed by atoms with Crippen molar-refractivity contribution in [3.05, 3.63) is 69.8 Å². The van der Waals surface area contributed by atoms with Crippen LogP contribution in [0.3, 0.4) is 0 Å². The van der Waals surface area contributed by atoms with Crippen molar-refractivity contribution < 1.29 is 59.1 Å². The molecule has 0 aromatic heterocycles. The maximum atomic E-state index is 13.6. The average Bonchev–Trinajstić information content (AvgIpc) is 4.18. The number of likely N-dealkylation sites (tertiary alicyclic amines) is 3. The summed E-state index contributed by atoms with van der Waals surface area (Å²) >= 11 is 0. The molecule has 15 aliphatic rings.